The van der Waals surface area contributed by atoms with Crippen LogP contribution in [0.1, 0.15) is 5.56 Å². The third-order valence-corrected chi connectivity index (χ3v) is 4.48. The van der Waals surface area contributed by atoms with E-state index in [0.29, 0.717) is 6.54 Å². The van der Waals surface area contributed by atoms with Crippen molar-refractivity contribution in [1.82, 2.24) is 14.7 Å². The van der Waals surface area contributed by atoms with Crippen molar-refractivity contribution in [3.8, 4) is 5.75 Å². The van der Waals surface area contributed by atoms with Crippen molar-refractivity contribution in [3.63, 3.8) is 0 Å². The van der Waals surface area contributed by atoms with Gasteiger partial charge in [0.25, 0.3) is 5.91 Å². The summed E-state index contributed by atoms with van der Waals surface area (Å²) in [6.07, 6.45) is 0. The summed E-state index contributed by atoms with van der Waals surface area (Å²) in [4.78, 5) is 39.9. The molecule has 1 aliphatic heterocycles. The summed E-state index contributed by atoms with van der Waals surface area (Å²) in [5, 5.41) is 2.11. The fraction of sp³-hybridized carbons (Fsp3) is 0.316. The van der Waals surface area contributed by atoms with Gasteiger partial charge >= 0.3 is 6.03 Å². The Bertz CT molecular complexity index is 880. The summed E-state index contributed by atoms with van der Waals surface area (Å²) in [5.74, 6) is 0.165. The zero-order valence-electron chi connectivity index (χ0n) is 15.1. The second-order valence-corrected chi connectivity index (χ2v) is 6.42. The first-order valence-electron chi connectivity index (χ1n) is 8.25. The van der Waals surface area contributed by atoms with Gasteiger partial charge in [-0.15, -0.1) is 0 Å². The second kappa shape index (κ2) is 7.03. The molecule has 26 heavy (non-hydrogen) atoms. The van der Waals surface area contributed by atoms with Gasteiger partial charge in [-0.3, -0.25) is 14.5 Å². The first-order valence-corrected chi connectivity index (χ1v) is 8.25. The number of methoxy groups -OCH3 is 1. The van der Waals surface area contributed by atoms with Gasteiger partial charge in [0.1, 0.15) is 18.8 Å². The summed E-state index contributed by atoms with van der Waals surface area (Å²) in [7, 11) is 4.83. The lowest BCUT2D eigenvalue weighted by Crippen LogP contribution is -2.41. The monoisotopic (exact) mass is 355 g/mol. The molecule has 0 bridgehead atoms. The molecule has 0 atom stereocenters. The Morgan fingerprint density at radius 3 is 2.50 bits per heavy atom. The number of nitrogens with zero attached hydrogens (tertiary/aromatic N) is 3. The van der Waals surface area contributed by atoms with Crippen LogP contribution in [0.25, 0.3) is 10.8 Å². The topological polar surface area (TPSA) is 70.2 Å². The number of benzene rings is 2. The number of imide groups is 1. The lowest BCUT2D eigenvalue weighted by atomic mass is 10.1. The van der Waals surface area contributed by atoms with E-state index in [1.54, 1.807) is 21.2 Å². The molecule has 0 saturated carbocycles. The lowest BCUT2D eigenvalue weighted by molar-refractivity contribution is -0.136. The van der Waals surface area contributed by atoms with Crippen molar-refractivity contribution < 1.29 is 19.1 Å². The summed E-state index contributed by atoms with van der Waals surface area (Å²) in [6, 6.07) is 11.3. The third kappa shape index (κ3) is 3.46. The molecule has 1 fully saturated rings. The number of likely N-dealkylation sites (N-methyl/N-ethyl adjacent to an activating group) is 2. The summed E-state index contributed by atoms with van der Waals surface area (Å²) in [5.41, 5.74) is 0.967. The highest BCUT2D eigenvalue weighted by molar-refractivity contribution is 6.04. The highest BCUT2D eigenvalue weighted by atomic mass is 16.5. The lowest BCUT2D eigenvalue weighted by Gasteiger charge is -2.21. The van der Waals surface area contributed by atoms with Crippen LogP contribution in [0.5, 0.6) is 5.75 Å². The molecule has 1 saturated heterocycles. The number of hydrogen-bond donors (Lipinski definition) is 0. The number of urea groups is 1. The molecule has 0 unspecified atom stereocenters. The molecule has 7 nitrogen and oxygen atoms in total. The van der Waals surface area contributed by atoms with E-state index < -0.39 is 6.03 Å². The normalized spacial score (nSPS) is 14.3. The Labute approximate surface area is 151 Å². The summed E-state index contributed by atoms with van der Waals surface area (Å²) >= 11 is 0. The maximum Gasteiger partial charge on any atom is 0.327 e. The zero-order chi connectivity index (χ0) is 18.8. The fourth-order valence-electron chi connectivity index (χ4n) is 2.94. The maximum absolute atomic E-state index is 12.4. The standard InChI is InChI=1S/C19H21N3O4/c1-20(17(23)12-22-18(24)11-21(2)19(22)25)10-13-4-5-15-9-16(26-3)7-6-14(15)8-13/h4-9H,10-12H2,1-3H3. The minimum atomic E-state index is -0.434. The molecular formula is C19H21N3O4. The van der Waals surface area contributed by atoms with Crippen LogP contribution in [0.3, 0.4) is 0 Å². The van der Waals surface area contributed by atoms with E-state index in [2.05, 4.69) is 0 Å². The molecule has 0 aromatic heterocycles. The van der Waals surface area contributed by atoms with E-state index >= 15 is 0 Å². The Morgan fingerprint density at radius 2 is 1.85 bits per heavy atom. The van der Waals surface area contributed by atoms with Crippen LogP contribution in [0.4, 0.5) is 4.79 Å². The molecule has 4 amide bonds. The maximum atomic E-state index is 12.4. The SMILES string of the molecule is COc1ccc2cc(CN(C)C(=O)CN3C(=O)CN(C)C3=O)ccc2c1. The van der Waals surface area contributed by atoms with E-state index in [1.165, 1.54) is 9.80 Å². The number of carbonyl (C=O) groups excluding carboxylic acids is 3. The van der Waals surface area contributed by atoms with E-state index in [0.717, 1.165) is 27.0 Å². The Hall–Kier alpha value is -3.09. The molecule has 2 aromatic rings. The number of rotatable bonds is 5. The highest BCUT2D eigenvalue weighted by Crippen LogP contribution is 2.22. The van der Waals surface area contributed by atoms with Crippen molar-refractivity contribution in [2.24, 2.45) is 0 Å². The van der Waals surface area contributed by atoms with Crippen LogP contribution in [-0.2, 0) is 16.1 Å². The van der Waals surface area contributed by atoms with Crippen LogP contribution >= 0.6 is 0 Å². The average molecular weight is 355 g/mol. The van der Waals surface area contributed by atoms with Crippen LogP contribution in [0.2, 0.25) is 0 Å². The first-order chi connectivity index (χ1) is 12.4. The number of carbonyl (C=O) groups is 3. The van der Waals surface area contributed by atoms with Gasteiger partial charge < -0.3 is 14.5 Å². The van der Waals surface area contributed by atoms with Gasteiger partial charge in [-0.25, -0.2) is 4.79 Å². The molecule has 1 heterocycles. The Balaban J connectivity index is 1.68. The van der Waals surface area contributed by atoms with Crippen molar-refractivity contribution in [2.45, 2.75) is 6.54 Å². The first kappa shape index (κ1) is 17.7. The predicted octanol–water partition coefficient (Wildman–Crippen LogP) is 1.70. The molecule has 7 heteroatoms. The van der Waals surface area contributed by atoms with Crippen LogP contribution in [0.15, 0.2) is 36.4 Å². The third-order valence-electron chi connectivity index (χ3n) is 4.48. The van der Waals surface area contributed by atoms with E-state index in [-0.39, 0.29) is 24.9 Å². The van der Waals surface area contributed by atoms with Gasteiger partial charge in [-0.1, -0.05) is 18.2 Å². The van der Waals surface area contributed by atoms with Crippen molar-refractivity contribution in [2.75, 3.05) is 34.3 Å². The second-order valence-electron chi connectivity index (χ2n) is 6.42. The number of ether oxygens (including phenoxy) is 1. The van der Waals surface area contributed by atoms with Crippen molar-refractivity contribution in [1.29, 1.82) is 0 Å². The van der Waals surface area contributed by atoms with Gasteiger partial charge in [0.05, 0.1) is 7.11 Å². The van der Waals surface area contributed by atoms with E-state index in [9.17, 15) is 14.4 Å². The molecule has 0 spiro atoms. The fourth-order valence-corrected chi connectivity index (χ4v) is 2.94. The number of amides is 4. The molecule has 136 valence electrons. The molecule has 0 aliphatic carbocycles. The minimum absolute atomic E-state index is 0.0178. The molecular weight excluding hydrogens is 334 g/mol. The van der Waals surface area contributed by atoms with Gasteiger partial charge in [0, 0.05) is 20.6 Å². The largest absolute Gasteiger partial charge is 0.497 e. The van der Waals surface area contributed by atoms with Crippen molar-refractivity contribution in [3.05, 3.63) is 42.0 Å². The van der Waals surface area contributed by atoms with E-state index in [1.807, 2.05) is 36.4 Å². The van der Waals surface area contributed by atoms with Crippen LogP contribution in [0, 0.1) is 0 Å². The van der Waals surface area contributed by atoms with Gasteiger partial charge in [0.15, 0.2) is 0 Å². The van der Waals surface area contributed by atoms with Crippen molar-refractivity contribution >= 4 is 28.6 Å². The molecule has 0 radical (unpaired) electrons. The minimum Gasteiger partial charge on any atom is -0.497 e. The molecule has 1 aliphatic rings. The average Bonchev–Trinajstić information content (AvgIpc) is 2.87. The number of fused-ring (bicyclic) bond motifs is 1. The van der Waals surface area contributed by atoms with Crippen LogP contribution < -0.4 is 4.74 Å². The molecule has 3 rings (SSSR count). The Morgan fingerprint density at radius 1 is 1.15 bits per heavy atom. The smallest absolute Gasteiger partial charge is 0.327 e. The van der Waals surface area contributed by atoms with Gasteiger partial charge in [-0.2, -0.15) is 0 Å². The van der Waals surface area contributed by atoms with Gasteiger partial charge in [-0.05, 0) is 34.5 Å². The highest BCUT2D eigenvalue weighted by Gasteiger charge is 2.35. The van der Waals surface area contributed by atoms with Gasteiger partial charge in [0.2, 0.25) is 5.91 Å². The van der Waals surface area contributed by atoms with Crippen LogP contribution in [-0.4, -0.2) is 66.8 Å². The van der Waals surface area contributed by atoms with E-state index in [4.69, 9.17) is 4.74 Å². The summed E-state index contributed by atoms with van der Waals surface area (Å²) < 4.78 is 5.22. The summed E-state index contributed by atoms with van der Waals surface area (Å²) in [6.45, 7) is 0.181. The zero-order valence-corrected chi connectivity index (χ0v) is 15.1. The molecule has 0 N–H and O–H groups in total. The predicted molar refractivity (Wildman–Crippen MR) is 96.7 cm³/mol. The number of hydrogen-bond acceptors (Lipinski definition) is 4. The quantitative estimate of drug-likeness (QED) is 0.766. The Kier molecular flexibility index (Phi) is 4.79. The molecule has 2 aromatic carbocycles.